The van der Waals surface area contributed by atoms with Crippen LogP contribution in [0.4, 0.5) is 0 Å². The second-order valence-electron chi connectivity index (χ2n) is 1.96. The lowest BCUT2D eigenvalue weighted by atomic mass is 10.2. The van der Waals surface area contributed by atoms with E-state index >= 15 is 0 Å². The molecule has 3 radical (unpaired) electrons. The molecule has 0 heterocycles. The quantitative estimate of drug-likeness (QED) is 0.579. The van der Waals surface area contributed by atoms with E-state index in [0.29, 0.717) is 0 Å². The minimum absolute atomic E-state index is 0.108. The van der Waals surface area contributed by atoms with Crippen molar-refractivity contribution in [2.75, 3.05) is 0 Å². The zero-order valence-corrected chi connectivity index (χ0v) is 8.42. The number of aliphatic hydroxyl groups excluding tert-OH is 1. The fourth-order valence-electron chi connectivity index (χ4n) is 0.696. The predicted octanol–water partition coefficient (Wildman–Crippen LogP) is 0.577. The fraction of sp³-hybridized carbons (Fsp3) is 0.143. The highest BCUT2D eigenvalue weighted by Crippen LogP contribution is 2.08. The van der Waals surface area contributed by atoms with Gasteiger partial charge in [-0.2, -0.15) is 0 Å². The predicted molar refractivity (Wildman–Crippen MR) is 50.5 cm³/mol. The highest BCUT2D eigenvalue weighted by Gasteiger charge is 1.96. The third-order valence-electron chi connectivity index (χ3n) is 1.22. The third kappa shape index (κ3) is 1.80. The van der Waals surface area contributed by atoms with Crippen LogP contribution in [0, 0.1) is 3.57 Å². The zero-order chi connectivity index (χ0) is 7.56. The Bertz CT molecular complexity index is 237. The first-order valence-electron chi connectivity index (χ1n) is 2.85. The first-order valence-corrected chi connectivity index (χ1v) is 4.43. The maximum Gasteiger partial charge on any atom is 0.0711 e. The van der Waals surface area contributed by atoms with Crippen LogP contribution in [0.15, 0.2) is 18.2 Å². The Kier molecular flexibility index (Phi) is 2.88. The average molecular weight is 261 g/mol. The molecule has 1 aromatic rings. The third-order valence-corrected chi connectivity index (χ3v) is 2.58. The van der Waals surface area contributed by atoms with Gasteiger partial charge >= 0.3 is 0 Å². The molecule has 0 spiro atoms. The smallest absolute Gasteiger partial charge is 0.0711 e. The monoisotopic (exact) mass is 261 g/mol. The fourth-order valence-corrected chi connectivity index (χ4v) is 1.46. The van der Waals surface area contributed by atoms with Gasteiger partial charge in [-0.3, -0.25) is 0 Å². The largest absolute Gasteiger partial charge is 0.392 e. The molecule has 0 saturated carbocycles. The number of benzene rings is 1. The highest BCUT2D eigenvalue weighted by atomic mass is 127. The second kappa shape index (κ2) is 3.50. The molecule has 0 aromatic heterocycles. The highest BCUT2D eigenvalue weighted by molar-refractivity contribution is 14.1. The van der Waals surface area contributed by atoms with Crippen molar-refractivity contribution in [2.24, 2.45) is 0 Å². The average Bonchev–Trinajstić information content (AvgIpc) is 1.94. The molecule has 0 bridgehead atoms. The molecule has 0 amide bonds. The van der Waals surface area contributed by atoms with E-state index in [1.807, 2.05) is 18.2 Å². The summed E-state index contributed by atoms with van der Waals surface area (Å²) in [5, 5.41) is 9.82. The molecule has 0 aliphatic rings. The van der Waals surface area contributed by atoms with Crippen molar-refractivity contribution in [1.29, 1.82) is 0 Å². The molecule has 0 fully saturated rings. The van der Waals surface area contributed by atoms with Gasteiger partial charge in [0.05, 0.1) is 16.8 Å². The molecular weight excluding hydrogens is 255 g/mol. The minimum Gasteiger partial charge on any atom is -0.392 e. The summed E-state index contributed by atoms with van der Waals surface area (Å²) in [7, 11) is 3.37. The molecule has 0 unspecified atom stereocenters. The number of hydrogen-bond acceptors (Lipinski definition) is 1. The summed E-state index contributed by atoms with van der Waals surface area (Å²) < 4.78 is 1.10. The summed E-state index contributed by atoms with van der Waals surface area (Å²) in [6.45, 7) is 0.108. The van der Waals surface area contributed by atoms with Gasteiger partial charge in [-0.1, -0.05) is 17.3 Å². The van der Waals surface area contributed by atoms with Crippen LogP contribution in [0.1, 0.15) is 5.56 Å². The normalized spacial score (nSPS) is 9.90. The van der Waals surface area contributed by atoms with E-state index in [0.717, 1.165) is 14.3 Å². The van der Waals surface area contributed by atoms with Crippen molar-refractivity contribution in [3.63, 3.8) is 0 Å². The van der Waals surface area contributed by atoms with Crippen LogP contribution < -0.4 is 5.19 Å². The molecule has 1 aromatic carbocycles. The molecule has 0 saturated heterocycles. The Hall–Kier alpha value is 0.127. The lowest BCUT2D eigenvalue weighted by molar-refractivity contribution is 0.281. The topological polar surface area (TPSA) is 20.2 Å². The maximum absolute atomic E-state index is 8.82. The van der Waals surface area contributed by atoms with Crippen LogP contribution in [0.25, 0.3) is 0 Å². The molecule has 0 atom stereocenters. The van der Waals surface area contributed by atoms with Crippen LogP contribution in [-0.4, -0.2) is 15.3 Å². The van der Waals surface area contributed by atoms with Crippen LogP contribution in [0.2, 0.25) is 0 Å². The maximum atomic E-state index is 8.82. The van der Waals surface area contributed by atoms with E-state index in [9.17, 15) is 0 Å². The van der Waals surface area contributed by atoms with Gasteiger partial charge in [-0.25, -0.2) is 0 Å². The van der Waals surface area contributed by atoms with Crippen molar-refractivity contribution in [3.8, 4) is 0 Å². The summed E-state index contributed by atoms with van der Waals surface area (Å²) in [6, 6.07) is 5.84. The Morgan fingerprint density at radius 1 is 1.50 bits per heavy atom. The summed E-state index contributed by atoms with van der Waals surface area (Å²) in [5.41, 5.74) is 0.966. The van der Waals surface area contributed by atoms with Crippen LogP contribution >= 0.6 is 22.6 Å². The SMILES string of the molecule is OCc1cc([Si])ccc1I. The van der Waals surface area contributed by atoms with Gasteiger partial charge < -0.3 is 5.11 Å². The molecule has 1 rings (SSSR count). The first-order chi connectivity index (χ1) is 4.74. The van der Waals surface area contributed by atoms with Crippen molar-refractivity contribution >= 4 is 38.0 Å². The van der Waals surface area contributed by atoms with E-state index < -0.39 is 0 Å². The van der Waals surface area contributed by atoms with E-state index in [1.165, 1.54) is 0 Å². The summed E-state index contributed by atoms with van der Waals surface area (Å²) in [5.74, 6) is 0. The Morgan fingerprint density at radius 2 is 2.20 bits per heavy atom. The number of rotatable bonds is 1. The van der Waals surface area contributed by atoms with Crippen molar-refractivity contribution < 1.29 is 5.11 Å². The van der Waals surface area contributed by atoms with Gasteiger partial charge in [-0.05, 0) is 34.2 Å². The van der Waals surface area contributed by atoms with Gasteiger partial charge in [0.1, 0.15) is 0 Å². The van der Waals surface area contributed by atoms with Crippen molar-refractivity contribution in [1.82, 2.24) is 0 Å². The number of halogens is 1. The van der Waals surface area contributed by atoms with Crippen molar-refractivity contribution in [3.05, 3.63) is 27.3 Å². The van der Waals surface area contributed by atoms with Crippen LogP contribution in [0.3, 0.4) is 0 Å². The van der Waals surface area contributed by atoms with Gasteiger partial charge in [0.2, 0.25) is 0 Å². The van der Waals surface area contributed by atoms with E-state index in [-0.39, 0.29) is 6.61 Å². The molecule has 10 heavy (non-hydrogen) atoms. The second-order valence-corrected chi connectivity index (χ2v) is 3.70. The Balaban J connectivity index is 3.09. The molecule has 0 aliphatic heterocycles. The molecule has 3 heteroatoms. The molecule has 51 valence electrons. The lowest BCUT2D eigenvalue weighted by Crippen LogP contribution is -2.04. The summed E-state index contributed by atoms with van der Waals surface area (Å²) in [6.07, 6.45) is 0. The number of hydrogen-bond donors (Lipinski definition) is 1. The van der Waals surface area contributed by atoms with Gasteiger partial charge in [0.25, 0.3) is 0 Å². The zero-order valence-electron chi connectivity index (χ0n) is 5.26. The Labute approximate surface area is 77.0 Å². The Morgan fingerprint density at radius 3 is 2.70 bits per heavy atom. The van der Waals surface area contributed by atoms with Gasteiger partial charge in [0.15, 0.2) is 0 Å². The first kappa shape index (κ1) is 8.23. The molecular formula is C7H6IOSi. The molecule has 0 aliphatic carbocycles. The standard InChI is InChI=1S/C7H6IOSi/c8-7-2-1-6(10)3-5(7)4-9/h1-3,9H,4H2. The van der Waals surface area contributed by atoms with Gasteiger partial charge in [0, 0.05) is 3.57 Å². The van der Waals surface area contributed by atoms with Gasteiger partial charge in [-0.15, -0.1) is 0 Å². The van der Waals surface area contributed by atoms with E-state index in [4.69, 9.17) is 5.11 Å². The number of aliphatic hydroxyl groups is 1. The van der Waals surface area contributed by atoms with E-state index in [2.05, 4.69) is 32.8 Å². The molecule has 1 N–H and O–H groups in total. The van der Waals surface area contributed by atoms with Crippen LogP contribution in [-0.2, 0) is 6.61 Å². The van der Waals surface area contributed by atoms with Crippen LogP contribution in [0.5, 0.6) is 0 Å². The van der Waals surface area contributed by atoms with E-state index in [1.54, 1.807) is 0 Å². The lowest BCUT2D eigenvalue weighted by Gasteiger charge is -2.00. The summed E-state index contributed by atoms with van der Waals surface area (Å²) >= 11 is 2.20. The summed E-state index contributed by atoms with van der Waals surface area (Å²) in [4.78, 5) is 0. The van der Waals surface area contributed by atoms with Crippen molar-refractivity contribution in [2.45, 2.75) is 6.61 Å². The molecule has 1 nitrogen and oxygen atoms in total. The minimum atomic E-state index is 0.108.